The third kappa shape index (κ3) is 3.17. The zero-order valence-electron chi connectivity index (χ0n) is 12.1. The van der Waals surface area contributed by atoms with Gasteiger partial charge in [0.05, 0.1) is 13.2 Å². The summed E-state index contributed by atoms with van der Waals surface area (Å²) in [4.78, 5) is 0. The van der Waals surface area contributed by atoms with Gasteiger partial charge in [-0.05, 0) is 37.6 Å². The molecule has 0 spiro atoms. The van der Waals surface area contributed by atoms with Crippen LogP contribution in [-0.2, 0) is 24.1 Å². The first kappa shape index (κ1) is 14.1. The van der Waals surface area contributed by atoms with Crippen LogP contribution in [0.4, 0.5) is 0 Å². The molecule has 0 fully saturated rings. The molecule has 0 unspecified atom stereocenters. The first-order chi connectivity index (χ1) is 9.30. The topological polar surface area (TPSA) is 34.4 Å². The zero-order valence-corrected chi connectivity index (χ0v) is 12.1. The number of hydrogen-bond donors (Lipinski definition) is 1. The van der Waals surface area contributed by atoms with Gasteiger partial charge in [0.1, 0.15) is 11.3 Å². The Bertz CT molecular complexity index is 531. The van der Waals surface area contributed by atoms with Crippen LogP contribution in [0.2, 0.25) is 0 Å². The van der Waals surface area contributed by atoms with Gasteiger partial charge >= 0.3 is 0 Å². The molecule has 0 atom stereocenters. The van der Waals surface area contributed by atoms with Crippen molar-refractivity contribution in [3.63, 3.8) is 0 Å². The Morgan fingerprint density at radius 1 is 1.26 bits per heavy atom. The molecule has 1 heterocycles. The van der Waals surface area contributed by atoms with Crippen molar-refractivity contribution in [1.29, 1.82) is 0 Å². The third-order valence-corrected chi connectivity index (χ3v) is 3.37. The zero-order chi connectivity index (χ0) is 13.7. The van der Waals surface area contributed by atoms with E-state index in [4.69, 9.17) is 9.15 Å². The van der Waals surface area contributed by atoms with Gasteiger partial charge in [-0.25, -0.2) is 0 Å². The van der Waals surface area contributed by atoms with Crippen molar-refractivity contribution in [1.82, 2.24) is 5.32 Å². The summed E-state index contributed by atoms with van der Waals surface area (Å²) in [6, 6.07) is 6.46. The second kappa shape index (κ2) is 6.73. The molecule has 0 aliphatic carbocycles. The minimum Gasteiger partial charge on any atom is -0.459 e. The lowest BCUT2D eigenvalue weighted by Gasteiger charge is -2.02. The molecule has 0 aliphatic heterocycles. The fourth-order valence-corrected chi connectivity index (χ4v) is 2.45. The molecule has 0 bridgehead atoms. The summed E-state index contributed by atoms with van der Waals surface area (Å²) in [5.74, 6) is 1.07. The smallest absolute Gasteiger partial charge is 0.134 e. The summed E-state index contributed by atoms with van der Waals surface area (Å²) >= 11 is 0. The van der Waals surface area contributed by atoms with E-state index in [1.54, 1.807) is 7.11 Å². The van der Waals surface area contributed by atoms with E-state index >= 15 is 0 Å². The molecular formula is C16H23NO2. The average Bonchev–Trinajstić information content (AvgIpc) is 2.75. The second-order valence-corrected chi connectivity index (χ2v) is 4.86. The van der Waals surface area contributed by atoms with E-state index in [0.717, 1.165) is 43.8 Å². The van der Waals surface area contributed by atoms with Crippen molar-refractivity contribution in [3.8, 4) is 0 Å². The van der Waals surface area contributed by atoms with E-state index in [2.05, 4.69) is 30.4 Å². The summed E-state index contributed by atoms with van der Waals surface area (Å²) < 4.78 is 11.1. The fourth-order valence-electron chi connectivity index (χ4n) is 2.45. The van der Waals surface area contributed by atoms with Crippen LogP contribution < -0.4 is 5.32 Å². The molecule has 3 nitrogen and oxygen atoms in total. The first-order valence-corrected chi connectivity index (χ1v) is 6.96. The molecule has 0 amide bonds. The molecule has 1 N–H and O–H groups in total. The van der Waals surface area contributed by atoms with Crippen LogP contribution >= 0.6 is 0 Å². The Morgan fingerprint density at radius 3 is 2.79 bits per heavy atom. The molecule has 19 heavy (non-hydrogen) atoms. The monoisotopic (exact) mass is 261 g/mol. The first-order valence-electron chi connectivity index (χ1n) is 6.96. The normalized spacial score (nSPS) is 11.3. The van der Waals surface area contributed by atoms with Crippen molar-refractivity contribution in [2.24, 2.45) is 0 Å². The molecule has 0 saturated carbocycles. The van der Waals surface area contributed by atoms with E-state index in [-0.39, 0.29) is 0 Å². The van der Waals surface area contributed by atoms with E-state index in [9.17, 15) is 0 Å². The largest absolute Gasteiger partial charge is 0.459 e. The van der Waals surface area contributed by atoms with Crippen molar-refractivity contribution in [2.75, 3.05) is 20.8 Å². The summed E-state index contributed by atoms with van der Waals surface area (Å²) in [5.41, 5.74) is 3.66. The minimum atomic E-state index is 0.760. The lowest BCUT2D eigenvalue weighted by atomic mass is 10.0. The summed E-state index contributed by atoms with van der Waals surface area (Å²) in [6.45, 7) is 3.75. The van der Waals surface area contributed by atoms with E-state index in [0.29, 0.717) is 0 Å². The average molecular weight is 261 g/mol. The molecule has 0 saturated heterocycles. The number of ether oxygens (including phenoxy) is 1. The molecule has 0 aliphatic rings. The van der Waals surface area contributed by atoms with Gasteiger partial charge in [-0.15, -0.1) is 0 Å². The number of hydrogen-bond acceptors (Lipinski definition) is 3. The fraction of sp³-hybridized carbons (Fsp3) is 0.500. The van der Waals surface area contributed by atoms with Crippen molar-refractivity contribution < 1.29 is 9.15 Å². The molecule has 0 radical (unpaired) electrons. The lowest BCUT2D eigenvalue weighted by molar-refractivity contribution is 0.202. The number of fused-ring (bicyclic) bond motifs is 1. The highest BCUT2D eigenvalue weighted by Gasteiger charge is 2.13. The summed E-state index contributed by atoms with van der Waals surface area (Å²) in [6.07, 6.45) is 3.15. The highest BCUT2D eigenvalue weighted by atomic mass is 16.5. The molecule has 2 aromatic rings. The molecular weight excluding hydrogens is 238 g/mol. The van der Waals surface area contributed by atoms with Crippen LogP contribution in [0.1, 0.15) is 30.2 Å². The van der Waals surface area contributed by atoms with Crippen LogP contribution in [0.15, 0.2) is 22.6 Å². The number of rotatable bonds is 7. The number of furan rings is 1. The Kier molecular flexibility index (Phi) is 5.00. The number of methoxy groups -OCH3 is 1. The van der Waals surface area contributed by atoms with Crippen molar-refractivity contribution in [3.05, 3.63) is 35.1 Å². The highest BCUT2D eigenvalue weighted by Crippen LogP contribution is 2.28. The van der Waals surface area contributed by atoms with Crippen LogP contribution in [0.3, 0.4) is 0 Å². The van der Waals surface area contributed by atoms with Gasteiger partial charge in [-0.3, -0.25) is 0 Å². The Hall–Kier alpha value is -1.32. The van der Waals surface area contributed by atoms with E-state index < -0.39 is 0 Å². The number of aryl methyl sites for hydroxylation is 1. The van der Waals surface area contributed by atoms with Gasteiger partial charge in [-0.1, -0.05) is 19.4 Å². The quantitative estimate of drug-likeness (QED) is 0.830. The number of nitrogens with one attached hydrogen (secondary N) is 1. The Morgan fingerprint density at radius 2 is 2.11 bits per heavy atom. The maximum atomic E-state index is 5.96. The standard InChI is InChI=1S/C16H23NO2/c1-4-5-13-14-10-12(8-9-18-3)6-7-15(14)19-16(13)11-17-2/h6-7,10,17H,4-5,8-9,11H2,1-3H3. The summed E-state index contributed by atoms with van der Waals surface area (Å²) in [5, 5.41) is 4.44. The molecule has 1 aromatic carbocycles. The highest BCUT2D eigenvalue weighted by molar-refractivity contribution is 5.83. The van der Waals surface area contributed by atoms with Crippen LogP contribution in [-0.4, -0.2) is 20.8 Å². The third-order valence-electron chi connectivity index (χ3n) is 3.37. The summed E-state index contributed by atoms with van der Waals surface area (Å²) in [7, 11) is 3.69. The molecule has 1 aromatic heterocycles. The maximum Gasteiger partial charge on any atom is 0.134 e. The maximum absolute atomic E-state index is 5.96. The van der Waals surface area contributed by atoms with E-state index in [1.807, 2.05) is 7.05 Å². The lowest BCUT2D eigenvalue weighted by Crippen LogP contribution is -2.06. The van der Waals surface area contributed by atoms with Gasteiger partial charge in [0.15, 0.2) is 0 Å². The second-order valence-electron chi connectivity index (χ2n) is 4.86. The Labute approximate surface area is 114 Å². The van der Waals surface area contributed by atoms with Gasteiger partial charge in [0.25, 0.3) is 0 Å². The number of benzene rings is 1. The van der Waals surface area contributed by atoms with E-state index in [1.165, 1.54) is 16.5 Å². The predicted octanol–water partition coefficient (Wildman–Crippen LogP) is 3.29. The molecule has 2 rings (SSSR count). The Balaban J connectivity index is 2.40. The van der Waals surface area contributed by atoms with Gasteiger partial charge in [0.2, 0.25) is 0 Å². The minimum absolute atomic E-state index is 0.760. The van der Waals surface area contributed by atoms with Crippen LogP contribution in [0.25, 0.3) is 11.0 Å². The van der Waals surface area contributed by atoms with Crippen molar-refractivity contribution in [2.45, 2.75) is 32.7 Å². The molecule has 104 valence electrons. The van der Waals surface area contributed by atoms with Gasteiger partial charge < -0.3 is 14.5 Å². The SMILES string of the molecule is CCCc1c(CNC)oc2ccc(CCOC)cc12. The van der Waals surface area contributed by atoms with Gasteiger partial charge in [0, 0.05) is 18.1 Å². The van der Waals surface area contributed by atoms with Crippen LogP contribution in [0, 0.1) is 0 Å². The van der Waals surface area contributed by atoms with Crippen LogP contribution in [0.5, 0.6) is 0 Å². The van der Waals surface area contributed by atoms with Crippen molar-refractivity contribution >= 4 is 11.0 Å². The van der Waals surface area contributed by atoms with Gasteiger partial charge in [-0.2, -0.15) is 0 Å². The molecule has 3 heteroatoms. The predicted molar refractivity (Wildman–Crippen MR) is 78.6 cm³/mol.